The highest BCUT2D eigenvalue weighted by atomic mass is 16.7. The Bertz CT molecular complexity index is 245. The van der Waals surface area contributed by atoms with E-state index in [9.17, 15) is 4.79 Å². The molecule has 0 amide bonds. The van der Waals surface area contributed by atoms with Crippen molar-refractivity contribution in [2.45, 2.75) is 30.4 Å². The fraction of sp³-hybridized carbons (Fsp3) is 0.714. The number of carboxylic acids is 1. The number of nitrogens with two attached hydrogens (primary N) is 1. The Labute approximate surface area is 69.2 Å². The molecule has 66 valence electrons. The van der Waals surface area contributed by atoms with Gasteiger partial charge >= 0.3 is 5.97 Å². The highest BCUT2D eigenvalue weighted by Crippen LogP contribution is 2.46. The fourth-order valence-electron chi connectivity index (χ4n) is 1.85. The normalized spacial score (nSPS) is 44.1. The summed E-state index contributed by atoms with van der Waals surface area (Å²) in [6.45, 7) is 0. The number of carboxylic acid groups (broad SMARTS) is 1. The van der Waals surface area contributed by atoms with Gasteiger partial charge in [-0.3, -0.25) is 4.79 Å². The summed E-state index contributed by atoms with van der Waals surface area (Å²) >= 11 is 0. The second kappa shape index (κ2) is 1.98. The van der Waals surface area contributed by atoms with E-state index in [1.807, 2.05) is 0 Å². The lowest BCUT2D eigenvalue weighted by Crippen LogP contribution is -2.66. The smallest absolute Gasteiger partial charge is 0.323 e. The van der Waals surface area contributed by atoms with Gasteiger partial charge in [0.15, 0.2) is 0 Å². The van der Waals surface area contributed by atoms with Crippen molar-refractivity contribution in [3.8, 4) is 0 Å². The van der Waals surface area contributed by atoms with Crippen molar-refractivity contribution in [3.05, 3.63) is 0 Å². The van der Waals surface area contributed by atoms with E-state index < -0.39 is 17.1 Å². The van der Waals surface area contributed by atoms with Gasteiger partial charge in [0.2, 0.25) is 0 Å². The zero-order chi connectivity index (χ0) is 8.82. The van der Waals surface area contributed by atoms with E-state index in [0.717, 1.165) is 0 Å². The molecule has 0 saturated heterocycles. The Hall–Kier alpha value is -1.10. The van der Waals surface area contributed by atoms with Gasteiger partial charge in [0.1, 0.15) is 11.1 Å². The molecule has 5 nitrogen and oxygen atoms in total. The van der Waals surface area contributed by atoms with E-state index in [4.69, 9.17) is 15.7 Å². The standard InChI is InChI=1S/C7H10N2O3/c8-7(5(10)11)3-6(4-7)1-2-9-12-6/h2H,1,3-4,8H2,(H,10,11). The maximum absolute atomic E-state index is 10.6. The van der Waals surface area contributed by atoms with E-state index >= 15 is 0 Å². The number of nitrogens with zero attached hydrogens (tertiary/aromatic N) is 1. The van der Waals surface area contributed by atoms with Crippen LogP contribution in [0.3, 0.4) is 0 Å². The summed E-state index contributed by atoms with van der Waals surface area (Å²) in [5, 5.41) is 12.3. The van der Waals surface area contributed by atoms with Gasteiger partial charge in [-0.25, -0.2) is 0 Å². The van der Waals surface area contributed by atoms with Crippen LogP contribution in [-0.2, 0) is 9.63 Å². The lowest BCUT2D eigenvalue weighted by molar-refractivity contribution is -0.168. The van der Waals surface area contributed by atoms with Crippen LogP contribution in [-0.4, -0.2) is 28.4 Å². The summed E-state index contributed by atoms with van der Waals surface area (Å²) in [5.41, 5.74) is 4.08. The first-order valence-electron chi connectivity index (χ1n) is 3.79. The van der Waals surface area contributed by atoms with E-state index in [-0.39, 0.29) is 0 Å². The highest BCUT2D eigenvalue weighted by Gasteiger charge is 2.60. The predicted octanol–water partition coefficient (Wildman–Crippen LogP) is -0.293. The third-order valence-corrected chi connectivity index (χ3v) is 2.49. The third kappa shape index (κ3) is 0.828. The second-order valence-electron chi connectivity index (χ2n) is 3.58. The quantitative estimate of drug-likeness (QED) is 0.566. The average Bonchev–Trinajstić information content (AvgIpc) is 2.34. The average molecular weight is 170 g/mol. The summed E-state index contributed by atoms with van der Waals surface area (Å²) in [4.78, 5) is 15.7. The van der Waals surface area contributed by atoms with Crippen molar-refractivity contribution in [2.75, 3.05) is 0 Å². The topological polar surface area (TPSA) is 84.9 Å². The Morgan fingerprint density at radius 1 is 1.67 bits per heavy atom. The molecule has 12 heavy (non-hydrogen) atoms. The van der Waals surface area contributed by atoms with E-state index in [0.29, 0.717) is 19.3 Å². The van der Waals surface area contributed by atoms with E-state index in [1.54, 1.807) is 6.21 Å². The Kier molecular flexibility index (Phi) is 1.24. The van der Waals surface area contributed by atoms with Gasteiger partial charge in [-0.1, -0.05) is 5.16 Å². The molecule has 0 aromatic rings. The first kappa shape index (κ1) is 7.54. The maximum atomic E-state index is 10.6. The number of rotatable bonds is 1. The van der Waals surface area contributed by atoms with Crippen molar-refractivity contribution in [1.82, 2.24) is 0 Å². The van der Waals surface area contributed by atoms with Crippen LogP contribution in [0.1, 0.15) is 19.3 Å². The molecule has 1 aliphatic heterocycles. The van der Waals surface area contributed by atoms with Gasteiger partial charge in [-0.05, 0) is 0 Å². The Morgan fingerprint density at radius 3 is 2.75 bits per heavy atom. The van der Waals surface area contributed by atoms with Crippen LogP contribution in [0, 0.1) is 0 Å². The fourth-order valence-corrected chi connectivity index (χ4v) is 1.85. The minimum Gasteiger partial charge on any atom is -0.480 e. The SMILES string of the molecule is NC1(C(=O)O)CC2(CC=NO2)C1. The molecule has 5 heteroatoms. The zero-order valence-corrected chi connectivity index (χ0v) is 6.49. The molecule has 0 radical (unpaired) electrons. The van der Waals surface area contributed by atoms with Crippen LogP contribution < -0.4 is 5.73 Å². The summed E-state index contributed by atoms with van der Waals surface area (Å²) in [5.74, 6) is -0.955. The summed E-state index contributed by atoms with van der Waals surface area (Å²) in [6, 6.07) is 0. The first-order chi connectivity index (χ1) is 5.56. The van der Waals surface area contributed by atoms with Crippen molar-refractivity contribution >= 4 is 12.2 Å². The van der Waals surface area contributed by atoms with Crippen molar-refractivity contribution in [2.24, 2.45) is 10.9 Å². The molecule has 0 atom stereocenters. The minimum absolute atomic E-state index is 0.356. The molecule has 2 rings (SSSR count). The lowest BCUT2D eigenvalue weighted by atomic mass is 9.64. The minimum atomic E-state index is -1.09. The van der Waals surface area contributed by atoms with Crippen LogP contribution in [0.2, 0.25) is 0 Å². The van der Waals surface area contributed by atoms with Gasteiger partial charge < -0.3 is 15.7 Å². The molecule has 1 aliphatic carbocycles. The number of oxime groups is 1. The van der Waals surface area contributed by atoms with Crippen molar-refractivity contribution in [1.29, 1.82) is 0 Å². The molecule has 0 aromatic carbocycles. The monoisotopic (exact) mass is 170 g/mol. The number of carbonyl (C=O) groups is 1. The van der Waals surface area contributed by atoms with Crippen molar-refractivity contribution < 1.29 is 14.7 Å². The largest absolute Gasteiger partial charge is 0.480 e. The molecule has 1 saturated carbocycles. The van der Waals surface area contributed by atoms with Crippen molar-refractivity contribution in [3.63, 3.8) is 0 Å². The molecule has 3 N–H and O–H groups in total. The number of hydrogen-bond acceptors (Lipinski definition) is 4. The Balaban J connectivity index is 2.03. The van der Waals surface area contributed by atoms with Gasteiger partial charge in [-0.15, -0.1) is 0 Å². The molecular weight excluding hydrogens is 160 g/mol. The van der Waals surface area contributed by atoms with Gasteiger partial charge in [0, 0.05) is 25.5 Å². The van der Waals surface area contributed by atoms with E-state index in [2.05, 4.69) is 5.16 Å². The van der Waals surface area contributed by atoms with Gasteiger partial charge in [0.25, 0.3) is 0 Å². The number of hydrogen-bond donors (Lipinski definition) is 2. The number of aliphatic carboxylic acids is 1. The molecular formula is C7H10N2O3. The lowest BCUT2D eigenvalue weighted by Gasteiger charge is -2.46. The molecule has 1 spiro atoms. The van der Waals surface area contributed by atoms with E-state index in [1.165, 1.54) is 0 Å². The van der Waals surface area contributed by atoms with Gasteiger partial charge in [-0.2, -0.15) is 0 Å². The highest BCUT2D eigenvalue weighted by molar-refractivity contribution is 5.81. The second-order valence-corrected chi connectivity index (χ2v) is 3.58. The summed E-state index contributed by atoms with van der Waals surface area (Å²) in [6.07, 6.45) is 3.05. The van der Waals surface area contributed by atoms with Crippen LogP contribution in [0.4, 0.5) is 0 Å². The summed E-state index contributed by atoms with van der Waals surface area (Å²) in [7, 11) is 0. The first-order valence-corrected chi connectivity index (χ1v) is 3.79. The van der Waals surface area contributed by atoms with Crippen LogP contribution >= 0.6 is 0 Å². The van der Waals surface area contributed by atoms with Crippen LogP contribution in [0.5, 0.6) is 0 Å². The van der Waals surface area contributed by atoms with Gasteiger partial charge in [0.05, 0.1) is 0 Å². The summed E-state index contributed by atoms with van der Waals surface area (Å²) < 4.78 is 0. The maximum Gasteiger partial charge on any atom is 0.323 e. The molecule has 2 aliphatic rings. The van der Waals surface area contributed by atoms with Crippen LogP contribution in [0.15, 0.2) is 5.16 Å². The van der Waals surface area contributed by atoms with Crippen LogP contribution in [0.25, 0.3) is 0 Å². The zero-order valence-electron chi connectivity index (χ0n) is 6.49. The molecule has 0 aromatic heterocycles. The predicted molar refractivity (Wildman–Crippen MR) is 40.7 cm³/mol. The molecule has 0 bridgehead atoms. The molecule has 1 fully saturated rings. The molecule has 0 unspecified atom stereocenters. The molecule has 1 heterocycles. The third-order valence-electron chi connectivity index (χ3n) is 2.49. The Morgan fingerprint density at radius 2 is 2.33 bits per heavy atom.